The molecule has 0 saturated carbocycles. The fraction of sp³-hybridized carbons (Fsp3) is 0.375. The molecule has 0 radical (unpaired) electrons. The average Bonchev–Trinajstić information content (AvgIpc) is 2.74. The number of rotatable bonds is 5. The molecular formula is C24H27NO5S. The molecule has 2 aromatic carbocycles. The van der Waals surface area contributed by atoms with Crippen molar-refractivity contribution in [1.82, 2.24) is 0 Å². The van der Waals surface area contributed by atoms with E-state index in [0.717, 1.165) is 28.7 Å². The Kier molecular flexibility index (Phi) is 5.79. The Balaban J connectivity index is 1.92. The fourth-order valence-electron chi connectivity index (χ4n) is 4.25. The first-order chi connectivity index (χ1) is 14.8. The lowest BCUT2D eigenvalue weighted by Gasteiger charge is -2.41. The zero-order chi connectivity index (χ0) is 22.2. The van der Waals surface area contributed by atoms with Crippen LogP contribution in [0, 0.1) is 13.8 Å². The number of ether oxygens (including phenoxy) is 2. The molecule has 6 nitrogen and oxygen atoms in total. The summed E-state index contributed by atoms with van der Waals surface area (Å²) in [4.78, 5) is 12.7. The molecule has 31 heavy (non-hydrogen) atoms. The third-order valence-corrected chi connectivity index (χ3v) is 7.53. The van der Waals surface area contributed by atoms with Crippen LogP contribution in [-0.4, -0.2) is 33.6 Å². The molecule has 4 rings (SSSR count). The van der Waals surface area contributed by atoms with Crippen molar-refractivity contribution in [2.24, 2.45) is 0 Å². The van der Waals surface area contributed by atoms with Gasteiger partial charge in [0.05, 0.1) is 36.3 Å². The number of nitrogens with zero attached hydrogens (tertiary/aromatic N) is 1. The highest BCUT2D eigenvalue weighted by molar-refractivity contribution is 7.92. The van der Waals surface area contributed by atoms with E-state index >= 15 is 0 Å². The molecule has 164 valence electrons. The molecule has 0 amide bonds. The van der Waals surface area contributed by atoms with Gasteiger partial charge in [-0.1, -0.05) is 29.3 Å². The Morgan fingerprint density at radius 1 is 1.13 bits per heavy atom. The van der Waals surface area contributed by atoms with Crippen LogP contribution in [-0.2, 0) is 24.3 Å². The minimum atomic E-state index is -3.93. The van der Waals surface area contributed by atoms with Crippen molar-refractivity contribution < 1.29 is 22.7 Å². The van der Waals surface area contributed by atoms with Crippen molar-refractivity contribution in [2.45, 2.75) is 51.0 Å². The second kappa shape index (κ2) is 8.38. The first-order valence-corrected chi connectivity index (χ1v) is 12.0. The van der Waals surface area contributed by atoms with Gasteiger partial charge in [0.1, 0.15) is 5.76 Å². The Hall–Kier alpha value is -2.80. The molecule has 1 atom stereocenters. The number of sulfonamides is 1. The summed E-state index contributed by atoms with van der Waals surface area (Å²) in [5.41, 5.74) is 4.11. The van der Waals surface area contributed by atoms with E-state index in [1.165, 1.54) is 4.31 Å². The van der Waals surface area contributed by atoms with Gasteiger partial charge in [0.15, 0.2) is 0 Å². The van der Waals surface area contributed by atoms with Crippen molar-refractivity contribution in [3.05, 3.63) is 64.7 Å². The minimum Gasteiger partial charge on any atom is -0.493 e. The van der Waals surface area contributed by atoms with Crippen molar-refractivity contribution in [3.8, 4) is 0 Å². The average molecular weight is 442 g/mol. The smallest absolute Gasteiger partial charge is 0.308 e. The van der Waals surface area contributed by atoms with Crippen LogP contribution in [0.15, 0.2) is 52.9 Å². The molecule has 2 aliphatic rings. The number of aryl methyl sites for hydroxylation is 2. The van der Waals surface area contributed by atoms with Crippen LogP contribution in [0.3, 0.4) is 0 Å². The van der Waals surface area contributed by atoms with Gasteiger partial charge in [0.2, 0.25) is 0 Å². The van der Waals surface area contributed by atoms with Crippen LogP contribution in [0.2, 0.25) is 0 Å². The lowest BCUT2D eigenvalue weighted by Crippen LogP contribution is -2.46. The lowest BCUT2D eigenvalue weighted by molar-refractivity contribution is -0.143. The normalized spacial score (nSPS) is 18.2. The van der Waals surface area contributed by atoms with Crippen LogP contribution in [0.4, 0.5) is 5.69 Å². The van der Waals surface area contributed by atoms with Crippen LogP contribution in [0.1, 0.15) is 42.9 Å². The number of hydrogen-bond donors (Lipinski definition) is 0. The molecule has 0 bridgehead atoms. The van der Waals surface area contributed by atoms with Gasteiger partial charge in [-0.05, 0) is 63.5 Å². The number of fused-ring (bicyclic) bond motifs is 2. The summed E-state index contributed by atoms with van der Waals surface area (Å²) in [6.07, 6.45) is 1.39. The summed E-state index contributed by atoms with van der Waals surface area (Å²) >= 11 is 0. The molecule has 7 heteroatoms. The molecule has 1 unspecified atom stereocenters. The Morgan fingerprint density at radius 3 is 2.55 bits per heavy atom. The molecular weight excluding hydrogens is 414 g/mol. The summed E-state index contributed by atoms with van der Waals surface area (Å²) < 4.78 is 40.4. The highest BCUT2D eigenvalue weighted by Gasteiger charge is 2.43. The fourth-order valence-corrected chi connectivity index (χ4v) is 5.91. The molecule has 0 aromatic heterocycles. The maximum atomic E-state index is 13.9. The summed E-state index contributed by atoms with van der Waals surface area (Å²) in [6.45, 7) is 6.44. The Morgan fingerprint density at radius 2 is 1.84 bits per heavy atom. The first kappa shape index (κ1) is 21.4. The Labute approximate surface area is 183 Å². The van der Waals surface area contributed by atoms with E-state index in [-0.39, 0.29) is 17.9 Å². The van der Waals surface area contributed by atoms with Crippen molar-refractivity contribution in [2.75, 3.05) is 17.5 Å². The van der Waals surface area contributed by atoms with E-state index < -0.39 is 22.0 Å². The molecule has 2 aliphatic heterocycles. The summed E-state index contributed by atoms with van der Waals surface area (Å²) in [5, 5.41) is 0. The topological polar surface area (TPSA) is 72.9 Å². The zero-order valence-electron chi connectivity index (χ0n) is 18.1. The third kappa shape index (κ3) is 3.94. The van der Waals surface area contributed by atoms with Gasteiger partial charge in [-0.15, -0.1) is 0 Å². The van der Waals surface area contributed by atoms with Crippen LogP contribution < -0.4 is 4.31 Å². The summed E-state index contributed by atoms with van der Waals surface area (Å²) in [6, 6.07) is 11.7. The van der Waals surface area contributed by atoms with Crippen LogP contribution in [0.25, 0.3) is 5.76 Å². The number of anilines is 1. The molecule has 2 aromatic rings. The summed E-state index contributed by atoms with van der Waals surface area (Å²) in [5.74, 6) is 0.277. The van der Waals surface area contributed by atoms with Crippen molar-refractivity contribution in [3.63, 3.8) is 0 Å². The number of esters is 1. The lowest BCUT2D eigenvalue weighted by atomic mass is 9.88. The van der Waals surface area contributed by atoms with E-state index in [1.807, 2.05) is 26.0 Å². The largest absolute Gasteiger partial charge is 0.493 e. The van der Waals surface area contributed by atoms with Gasteiger partial charge in [-0.25, -0.2) is 8.42 Å². The monoisotopic (exact) mass is 441 g/mol. The predicted molar refractivity (Wildman–Crippen MR) is 119 cm³/mol. The Bertz CT molecular complexity index is 1140. The van der Waals surface area contributed by atoms with E-state index in [9.17, 15) is 13.2 Å². The van der Waals surface area contributed by atoms with Gasteiger partial charge in [0.25, 0.3) is 10.0 Å². The second-order valence-corrected chi connectivity index (χ2v) is 9.78. The first-order valence-electron chi connectivity index (χ1n) is 10.6. The molecule has 0 spiro atoms. The number of hydrogen-bond acceptors (Lipinski definition) is 5. The van der Waals surface area contributed by atoms with Gasteiger partial charge < -0.3 is 9.47 Å². The number of carbonyl (C=O) groups is 1. The van der Waals surface area contributed by atoms with Crippen molar-refractivity contribution >= 4 is 27.4 Å². The minimum absolute atomic E-state index is 0.0611. The van der Waals surface area contributed by atoms with Gasteiger partial charge >= 0.3 is 5.97 Å². The van der Waals surface area contributed by atoms with Crippen LogP contribution >= 0.6 is 0 Å². The van der Waals surface area contributed by atoms with Crippen LogP contribution in [0.5, 0.6) is 0 Å². The molecule has 0 fully saturated rings. The highest BCUT2D eigenvalue weighted by Crippen LogP contribution is 2.46. The maximum Gasteiger partial charge on any atom is 0.308 e. The van der Waals surface area contributed by atoms with Gasteiger partial charge in [-0.3, -0.25) is 9.10 Å². The third-order valence-electron chi connectivity index (χ3n) is 5.69. The quantitative estimate of drug-likeness (QED) is 0.645. The molecule has 0 aliphatic carbocycles. The van der Waals surface area contributed by atoms with E-state index in [1.54, 1.807) is 37.3 Å². The number of benzene rings is 2. The predicted octanol–water partition coefficient (Wildman–Crippen LogP) is 4.36. The van der Waals surface area contributed by atoms with Gasteiger partial charge in [-0.2, -0.15) is 0 Å². The van der Waals surface area contributed by atoms with E-state index in [4.69, 9.17) is 9.47 Å². The standard InChI is InChI=1S/C24H27NO5S/c1-4-29-23(26)15-22-19-6-5-13-30-24(19)20-14-17(3)9-12-21(20)25(22)31(27,28)18-10-7-16(2)8-11-18/h7-12,14,22H,4-6,13,15H2,1-3H3. The number of carbonyl (C=O) groups excluding carboxylic acids is 1. The van der Waals surface area contributed by atoms with E-state index in [0.29, 0.717) is 24.5 Å². The van der Waals surface area contributed by atoms with E-state index in [2.05, 4.69) is 0 Å². The highest BCUT2D eigenvalue weighted by atomic mass is 32.2. The molecule has 2 heterocycles. The summed E-state index contributed by atoms with van der Waals surface area (Å²) in [7, 11) is -3.93. The maximum absolute atomic E-state index is 13.9. The second-order valence-electron chi connectivity index (χ2n) is 7.97. The molecule has 0 saturated heterocycles. The molecule has 0 N–H and O–H groups in total. The zero-order valence-corrected chi connectivity index (χ0v) is 18.9. The van der Waals surface area contributed by atoms with Crippen molar-refractivity contribution in [1.29, 1.82) is 0 Å². The SMILES string of the molecule is CCOC(=O)CC1C2=C(OCCC2)c2cc(C)ccc2N1S(=O)(=O)c1ccc(C)cc1. The van der Waals surface area contributed by atoms with Gasteiger partial charge in [0, 0.05) is 5.56 Å².